The van der Waals surface area contributed by atoms with E-state index in [9.17, 15) is 9.90 Å². The number of aliphatic carboxylic acids is 1. The minimum Gasteiger partial charge on any atom is -0.481 e. The highest BCUT2D eigenvalue weighted by Gasteiger charge is 2.44. The molecule has 27 heavy (non-hydrogen) atoms. The maximum absolute atomic E-state index is 11.1. The number of carbonyl (C=O) groups is 1. The van der Waals surface area contributed by atoms with Gasteiger partial charge in [0.05, 0.1) is 5.92 Å². The molecule has 0 radical (unpaired) electrons. The standard InChI is InChI=1S/C22H27NO3.ClH/c1-3-4-19-14-17(13-16(2)21(24)25)5-6-18(19)7-10-22(26)15-23-11-8-20(22)9-12-23;/h3,5-6,14,16,20,26H,1,4,8-9,11-13,15H2,2H3,(H,24,25);1H. The predicted octanol–water partition coefficient (Wildman–Crippen LogP) is 2.91. The van der Waals surface area contributed by atoms with Gasteiger partial charge in [-0.2, -0.15) is 0 Å². The Labute approximate surface area is 167 Å². The summed E-state index contributed by atoms with van der Waals surface area (Å²) in [6, 6.07) is 5.91. The van der Waals surface area contributed by atoms with Crippen LogP contribution in [0.3, 0.4) is 0 Å². The average Bonchev–Trinajstić information content (AvgIpc) is 2.62. The first kappa shape index (κ1) is 21.5. The summed E-state index contributed by atoms with van der Waals surface area (Å²) in [5, 5.41) is 20.1. The van der Waals surface area contributed by atoms with Gasteiger partial charge in [0.15, 0.2) is 0 Å². The number of piperidine rings is 3. The fraction of sp³-hybridized carbons (Fsp3) is 0.500. The van der Waals surface area contributed by atoms with Gasteiger partial charge in [-0.1, -0.05) is 37.0 Å². The van der Waals surface area contributed by atoms with Crippen molar-refractivity contribution in [1.29, 1.82) is 0 Å². The van der Waals surface area contributed by atoms with Crippen molar-refractivity contribution in [3.05, 3.63) is 47.5 Å². The number of fused-ring (bicyclic) bond motifs is 3. The summed E-state index contributed by atoms with van der Waals surface area (Å²) in [5.74, 6) is 5.42. The average molecular weight is 390 g/mol. The van der Waals surface area contributed by atoms with E-state index in [2.05, 4.69) is 23.3 Å². The number of hydrogen-bond donors (Lipinski definition) is 2. The van der Waals surface area contributed by atoms with Crippen molar-refractivity contribution in [3.63, 3.8) is 0 Å². The van der Waals surface area contributed by atoms with E-state index in [1.165, 1.54) is 0 Å². The summed E-state index contributed by atoms with van der Waals surface area (Å²) in [4.78, 5) is 13.4. The zero-order valence-corrected chi connectivity index (χ0v) is 16.6. The number of nitrogens with zero attached hydrogens (tertiary/aromatic N) is 1. The van der Waals surface area contributed by atoms with Gasteiger partial charge in [-0.3, -0.25) is 9.69 Å². The monoisotopic (exact) mass is 389 g/mol. The highest BCUT2D eigenvalue weighted by atomic mass is 35.5. The third kappa shape index (κ3) is 4.93. The van der Waals surface area contributed by atoms with Crippen LogP contribution in [0.5, 0.6) is 0 Å². The number of rotatable bonds is 5. The molecule has 2 atom stereocenters. The normalized spacial score (nSPS) is 27.0. The topological polar surface area (TPSA) is 60.8 Å². The molecule has 146 valence electrons. The third-order valence-corrected chi connectivity index (χ3v) is 5.64. The summed E-state index contributed by atoms with van der Waals surface area (Å²) < 4.78 is 0. The first-order valence-electron chi connectivity index (χ1n) is 9.34. The molecule has 4 rings (SSSR count). The van der Waals surface area contributed by atoms with Crippen LogP contribution in [0.15, 0.2) is 30.9 Å². The number of benzene rings is 1. The van der Waals surface area contributed by atoms with E-state index < -0.39 is 17.5 Å². The molecule has 1 aromatic carbocycles. The molecule has 0 spiro atoms. The lowest BCUT2D eigenvalue weighted by atomic mass is 9.75. The van der Waals surface area contributed by atoms with Crippen molar-refractivity contribution in [2.45, 2.75) is 38.2 Å². The first-order valence-corrected chi connectivity index (χ1v) is 9.34. The van der Waals surface area contributed by atoms with Crippen LogP contribution in [0.4, 0.5) is 0 Å². The number of halogens is 1. The Morgan fingerprint density at radius 1 is 1.44 bits per heavy atom. The largest absolute Gasteiger partial charge is 0.481 e. The van der Waals surface area contributed by atoms with Gasteiger partial charge in [0.1, 0.15) is 5.60 Å². The molecule has 3 fully saturated rings. The summed E-state index contributed by atoms with van der Waals surface area (Å²) in [6.45, 7) is 8.29. The van der Waals surface area contributed by atoms with Crippen LogP contribution < -0.4 is 0 Å². The van der Waals surface area contributed by atoms with E-state index in [0.29, 0.717) is 19.4 Å². The predicted molar refractivity (Wildman–Crippen MR) is 109 cm³/mol. The molecule has 0 aromatic heterocycles. The van der Waals surface area contributed by atoms with E-state index in [1.807, 2.05) is 24.3 Å². The van der Waals surface area contributed by atoms with Gasteiger partial charge in [-0.25, -0.2) is 0 Å². The molecule has 0 saturated carbocycles. The number of carboxylic acid groups (broad SMARTS) is 1. The molecule has 5 heteroatoms. The molecule has 2 bridgehead atoms. The molecule has 3 aliphatic rings. The lowest BCUT2D eigenvalue weighted by Crippen LogP contribution is -2.58. The minimum atomic E-state index is -0.918. The van der Waals surface area contributed by atoms with Gasteiger partial charge in [0, 0.05) is 18.0 Å². The van der Waals surface area contributed by atoms with Crippen LogP contribution in [-0.2, 0) is 17.6 Å². The maximum Gasteiger partial charge on any atom is 0.306 e. The Morgan fingerprint density at radius 2 is 2.15 bits per heavy atom. The summed E-state index contributed by atoms with van der Waals surface area (Å²) >= 11 is 0. The van der Waals surface area contributed by atoms with Gasteiger partial charge < -0.3 is 10.2 Å². The Morgan fingerprint density at radius 3 is 2.70 bits per heavy atom. The maximum atomic E-state index is 11.1. The third-order valence-electron chi connectivity index (χ3n) is 5.64. The second-order valence-electron chi connectivity index (χ2n) is 7.65. The molecule has 2 N–H and O–H groups in total. The number of allylic oxidation sites excluding steroid dienone is 1. The van der Waals surface area contributed by atoms with Crippen LogP contribution in [0.1, 0.15) is 36.5 Å². The molecule has 3 heterocycles. The highest BCUT2D eigenvalue weighted by Crippen LogP contribution is 2.35. The summed E-state index contributed by atoms with van der Waals surface area (Å²) in [7, 11) is 0. The fourth-order valence-corrected chi connectivity index (χ4v) is 4.02. The SMILES string of the molecule is C=CCc1cc(CC(C)C(=O)O)ccc1C#CC1(O)CN2CCC1CC2.Cl. The van der Waals surface area contributed by atoms with Crippen LogP contribution in [0.2, 0.25) is 0 Å². The number of hydrogen-bond acceptors (Lipinski definition) is 3. The van der Waals surface area contributed by atoms with Gasteiger partial charge in [0.25, 0.3) is 0 Å². The molecule has 4 nitrogen and oxygen atoms in total. The summed E-state index contributed by atoms with van der Waals surface area (Å²) in [6.07, 6.45) is 5.02. The zero-order chi connectivity index (χ0) is 18.7. The van der Waals surface area contributed by atoms with E-state index in [0.717, 1.165) is 42.6 Å². The van der Waals surface area contributed by atoms with Crippen LogP contribution in [-0.4, -0.2) is 46.3 Å². The van der Waals surface area contributed by atoms with Crippen molar-refractivity contribution in [3.8, 4) is 11.8 Å². The van der Waals surface area contributed by atoms with Crippen LogP contribution in [0, 0.1) is 23.7 Å². The Balaban J connectivity index is 0.00000261. The Bertz CT molecular complexity index is 759. The molecule has 3 saturated heterocycles. The minimum absolute atomic E-state index is 0. The van der Waals surface area contributed by atoms with Crippen molar-refractivity contribution in [2.24, 2.45) is 11.8 Å². The van der Waals surface area contributed by atoms with E-state index in [1.54, 1.807) is 6.92 Å². The number of carboxylic acids is 1. The van der Waals surface area contributed by atoms with Crippen LogP contribution in [0.25, 0.3) is 0 Å². The second kappa shape index (κ2) is 8.93. The molecule has 0 amide bonds. The molecule has 3 aliphatic heterocycles. The molecule has 1 aromatic rings. The molecule has 2 unspecified atom stereocenters. The fourth-order valence-electron chi connectivity index (χ4n) is 4.02. The quantitative estimate of drug-likeness (QED) is 0.600. The van der Waals surface area contributed by atoms with Crippen LogP contribution >= 0.6 is 12.4 Å². The highest BCUT2D eigenvalue weighted by molar-refractivity contribution is 5.85. The zero-order valence-electron chi connectivity index (χ0n) is 15.8. The second-order valence-corrected chi connectivity index (χ2v) is 7.65. The summed E-state index contributed by atoms with van der Waals surface area (Å²) in [5.41, 5.74) is 2.00. The lowest BCUT2D eigenvalue weighted by molar-refractivity contribution is -0.141. The van der Waals surface area contributed by atoms with E-state index in [-0.39, 0.29) is 18.3 Å². The van der Waals surface area contributed by atoms with Gasteiger partial charge in [-0.05, 0) is 56.0 Å². The van der Waals surface area contributed by atoms with Gasteiger partial charge in [-0.15, -0.1) is 19.0 Å². The van der Waals surface area contributed by atoms with Gasteiger partial charge in [0.2, 0.25) is 0 Å². The Kier molecular flexibility index (Phi) is 7.11. The Hall–Kier alpha value is -1.80. The van der Waals surface area contributed by atoms with Crippen molar-refractivity contribution in [2.75, 3.05) is 19.6 Å². The lowest BCUT2D eigenvalue weighted by Gasteiger charge is -2.47. The van der Waals surface area contributed by atoms with Crippen molar-refractivity contribution >= 4 is 18.4 Å². The van der Waals surface area contributed by atoms with Gasteiger partial charge >= 0.3 is 5.97 Å². The van der Waals surface area contributed by atoms with Crippen molar-refractivity contribution < 1.29 is 15.0 Å². The van der Waals surface area contributed by atoms with Crippen molar-refractivity contribution in [1.82, 2.24) is 4.90 Å². The number of aliphatic hydroxyl groups is 1. The van der Waals surface area contributed by atoms with E-state index in [4.69, 9.17) is 5.11 Å². The first-order chi connectivity index (χ1) is 12.4. The molecular formula is C22H28ClNO3. The molecule has 0 aliphatic carbocycles. The smallest absolute Gasteiger partial charge is 0.306 e. The molecular weight excluding hydrogens is 362 g/mol. The van der Waals surface area contributed by atoms with E-state index >= 15 is 0 Å².